The first kappa shape index (κ1) is 18.7. The number of pyridine rings is 1. The highest BCUT2D eigenvalue weighted by Gasteiger charge is 2.12. The summed E-state index contributed by atoms with van der Waals surface area (Å²) in [5, 5.41) is 4.13. The summed E-state index contributed by atoms with van der Waals surface area (Å²) < 4.78 is 5.27. The third-order valence-corrected chi connectivity index (χ3v) is 4.52. The van der Waals surface area contributed by atoms with E-state index in [4.69, 9.17) is 16.3 Å². The van der Waals surface area contributed by atoms with Crippen molar-refractivity contribution in [3.63, 3.8) is 0 Å². The first-order chi connectivity index (χ1) is 14.1. The van der Waals surface area contributed by atoms with Crippen LogP contribution in [0.2, 0.25) is 5.02 Å². The number of rotatable bonds is 5. The molecule has 29 heavy (non-hydrogen) atoms. The number of benzene rings is 2. The zero-order valence-corrected chi connectivity index (χ0v) is 15.9. The molecule has 0 atom stereocenters. The molecular weight excluding hydrogens is 390 g/mol. The molecule has 0 saturated carbocycles. The molecule has 0 radical (unpaired) electrons. The summed E-state index contributed by atoms with van der Waals surface area (Å²) in [4.78, 5) is 31.7. The van der Waals surface area contributed by atoms with E-state index >= 15 is 0 Å². The molecule has 6 nitrogen and oxygen atoms in total. The lowest BCUT2D eigenvalue weighted by Crippen LogP contribution is -2.13. The summed E-state index contributed by atoms with van der Waals surface area (Å²) in [6, 6.07) is 19.6. The number of ether oxygens (including phenoxy) is 1. The molecule has 0 aliphatic carbocycles. The summed E-state index contributed by atoms with van der Waals surface area (Å²) in [5.74, 6) is -0.498. The molecule has 0 saturated heterocycles. The van der Waals surface area contributed by atoms with Crippen molar-refractivity contribution in [3.8, 4) is 0 Å². The number of carbonyl (C=O) groups excluding carboxylic acids is 2. The lowest BCUT2D eigenvalue weighted by molar-refractivity contribution is 0.0472. The van der Waals surface area contributed by atoms with Crippen LogP contribution in [-0.2, 0) is 11.3 Å². The van der Waals surface area contributed by atoms with Crippen molar-refractivity contribution in [2.45, 2.75) is 6.61 Å². The predicted octanol–water partition coefficient (Wildman–Crippen LogP) is 4.83. The van der Waals surface area contributed by atoms with Gasteiger partial charge in [-0.15, -0.1) is 0 Å². The summed E-state index contributed by atoms with van der Waals surface area (Å²) in [6.45, 7) is 0.183. The normalized spacial score (nSPS) is 10.7. The van der Waals surface area contributed by atoms with Crippen LogP contribution in [0.3, 0.4) is 0 Å². The Balaban J connectivity index is 1.39. The standard InChI is InChI=1S/C22H16ClN3O3/c23-17-7-8-18-16(10-17)11-19(25-18)21(27)26-20-9-6-15(12-24-20)22(28)29-13-14-4-2-1-3-5-14/h1-12,25H,13H2,(H,24,26,27). The summed E-state index contributed by atoms with van der Waals surface area (Å²) in [5.41, 5.74) is 2.40. The molecule has 2 aromatic carbocycles. The van der Waals surface area contributed by atoms with Crippen molar-refractivity contribution >= 4 is 40.2 Å². The second-order valence-electron chi connectivity index (χ2n) is 6.36. The number of aromatic nitrogens is 2. The van der Waals surface area contributed by atoms with Gasteiger partial charge in [-0.25, -0.2) is 9.78 Å². The average molecular weight is 406 g/mol. The number of anilines is 1. The Hall–Kier alpha value is -3.64. The van der Waals surface area contributed by atoms with Gasteiger partial charge >= 0.3 is 5.97 Å². The van der Waals surface area contributed by atoms with Crippen molar-refractivity contribution in [3.05, 3.63) is 94.8 Å². The minimum Gasteiger partial charge on any atom is -0.457 e. The van der Waals surface area contributed by atoms with E-state index in [9.17, 15) is 9.59 Å². The lowest BCUT2D eigenvalue weighted by Gasteiger charge is -2.06. The minimum atomic E-state index is -0.480. The molecule has 0 unspecified atom stereocenters. The Labute approximate surface area is 171 Å². The number of halogens is 1. The molecule has 0 bridgehead atoms. The second-order valence-corrected chi connectivity index (χ2v) is 6.80. The van der Waals surface area contributed by atoms with Gasteiger partial charge in [0.15, 0.2) is 0 Å². The zero-order chi connectivity index (χ0) is 20.2. The highest BCUT2D eigenvalue weighted by atomic mass is 35.5. The molecule has 1 amide bonds. The minimum absolute atomic E-state index is 0.183. The smallest absolute Gasteiger partial charge is 0.340 e. The molecule has 2 aromatic heterocycles. The van der Waals surface area contributed by atoms with Crippen LogP contribution in [0.4, 0.5) is 5.82 Å². The number of H-pyrrole nitrogens is 1. The first-order valence-corrected chi connectivity index (χ1v) is 9.23. The van der Waals surface area contributed by atoms with Gasteiger partial charge in [-0.3, -0.25) is 4.79 Å². The summed E-state index contributed by atoms with van der Waals surface area (Å²) in [6.07, 6.45) is 1.37. The van der Waals surface area contributed by atoms with E-state index < -0.39 is 5.97 Å². The summed E-state index contributed by atoms with van der Waals surface area (Å²) >= 11 is 5.97. The largest absolute Gasteiger partial charge is 0.457 e. The molecule has 0 spiro atoms. The molecule has 0 aliphatic heterocycles. The Bertz CT molecular complexity index is 1170. The van der Waals surface area contributed by atoms with Gasteiger partial charge in [-0.1, -0.05) is 41.9 Å². The number of hydrogen-bond acceptors (Lipinski definition) is 4. The molecule has 0 fully saturated rings. The maximum Gasteiger partial charge on any atom is 0.340 e. The maximum absolute atomic E-state index is 12.4. The van der Waals surface area contributed by atoms with E-state index in [1.807, 2.05) is 36.4 Å². The number of amides is 1. The number of hydrogen-bond donors (Lipinski definition) is 2. The van der Waals surface area contributed by atoms with Gasteiger partial charge < -0.3 is 15.0 Å². The van der Waals surface area contributed by atoms with Crippen LogP contribution in [0, 0.1) is 0 Å². The molecule has 2 N–H and O–H groups in total. The summed E-state index contributed by atoms with van der Waals surface area (Å²) in [7, 11) is 0. The topological polar surface area (TPSA) is 84.1 Å². The third-order valence-electron chi connectivity index (χ3n) is 4.28. The number of nitrogens with one attached hydrogen (secondary N) is 2. The van der Waals surface area contributed by atoms with Crippen LogP contribution in [0.1, 0.15) is 26.4 Å². The van der Waals surface area contributed by atoms with Crippen LogP contribution in [0.5, 0.6) is 0 Å². The van der Waals surface area contributed by atoms with Crippen molar-refractivity contribution in [1.29, 1.82) is 0 Å². The van der Waals surface area contributed by atoms with Gasteiger partial charge in [0.25, 0.3) is 5.91 Å². The number of carbonyl (C=O) groups is 2. The molecular formula is C22H16ClN3O3. The van der Waals surface area contributed by atoms with Gasteiger partial charge in [-0.2, -0.15) is 0 Å². The molecule has 4 aromatic rings. The van der Waals surface area contributed by atoms with Crippen LogP contribution in [0.15, 0.2) is 72.9 Å². The van der Waals surface area contributed by atoms with E-state index in [-0.39, 0.29) is 12.5 Å². The fraction of sp³-hybridized carbons (Fsp3) is 0.0455. The number of esters is 1. The van der Waals surface area contributed by atoms with Gasteiger partial charge in [0.05, 0.1) is 5.56 Å². The molecule has 144 valence electrons. The SMILES string of the molecule is O=C(OCc1ccccc1)c1ccc(NC(=O)c2cc3cc(Cl)ccc3[nH]2)nc1. The van der Waals surface area contributed by atoms with Gasteiger partial charge in [-0.05, 0) is 42.0 Å². The highest BCUT2D eigenvalue weighted by molar-refractivity contribution is 6.31. The van der Waals surface area contributed by atoms with Gasteiger partial charge in [0.1, 0.15) is 18.1 Å². The Morgan fingerprint density at radius 2 is 1.86 bits per heavy atom. The van der Waals surface area contributed by atoms with Crippen LogP contribution >= 0.6 is 11.6 Å². The fourth-order valence-corrected chi connectivity index (χ4v) is 2.99. The molecule has 7 heteroatoms. The van der Waals surface area contributed by atoms with Gasteiger partial charge in [0.2, 0.25) is 0 Å². The van der Waals surface area contributed by atoms with Crippen LogP contribution in [-0.4, -0.2) is 21.8 Å². The van der Waals surface area contributed by atoms with Crippen LogP contribution < -0.4 is 5.32 Å². The number of nitrogens with zero attached hydrogens (tertiary/aromatic N) is 1. The highest BCUT2D eigenvalue weighted by Crippen LogP contribution is 2.20. The number of aromatic amines is 1. The quantitative estimate of drug-likeness (QED) is 0.466. The van der Waals surface area contributed by atoms with Crippen molar-refractivity contribution in [2.24, 2.45) is 0 Å². The Kier molecular flexibility index (Phi) is 5.27. The third kappa shape index (κ3) is 4.44. The first-order valence-electron chi connectivity index (χ1n) is 8.85. The Morgan fingerprint density at radius 3 is 2.62 bits per heavy atom. The van der Waals surface area contributed by atoms with Crippen molar-refractivity contribution < 1.29 is 14.3 Å². The van der Waals surface area contributed by atoms with Crippen molar-refractivity contribution in [1.82, 2.24) is 9.97 Å². The second kappa shape index (κ2) is 8.16. The maximum atomic E-state index is 12.4. The monoisotopic (exact) mass is 405 g/mol. The van der Waals surface area contributed by atoms with E-state index in [1.54, 1.807) is 30.3 Å². The predicted molar refractivity (Wildman–Crippen MR) is 111 cm³/mol. The van der Waals surface area contributed by atoms with Gasteiger partial charge in [0, 0.05) is 22.1 Å². The van der Waals surface area contributed by atoms with Crippen LogP contribution in [0.25, 0.3) is 10.9 Å². The fourth-order valence-electron chi connectivity index (χ4n) is 2.80. The Morgan fingerprint density at radius 1 is 1.03 bits per heavy atom. The van der Waals surface area contributed by atoms with E-state index in [2.05, 4.69) is 15.3 Å². The lowest BCUT2D eigenvalue weighted by atomic mass is 10.2. The molecule has 4 rings (SSSR count). The molecule has 0 aliphatic rings. The average Bonchev–Trinajstić information content (AvgIpc) is 3.17. The van der Waals surface area contributed by atoms with Crippen molar-refractivity contribution in [2.75, 3.05) is 5.32 Å². The van der Waals surface area contributed by atoms with E-state index in [0.29, 0.717) is 22.1 Å². The molecule has 2 heterocycles. The number of fused-ring (bicyclic) bond motifs is 1. The van der Waals surface area contributed by atoms with E-state index in [1.165, 1.54) is 6.20 Å². The van der Waals surface area contributed by atoms with E-state index in [0.717, 1.165) is 16.5 Å². The zero-order valence-electron chi connectivity index (χ0n) is 15.2.